The molecular weight excluding hydrogens is 242 g/mol. The third-order valence-corrected chi connectivity index (χ3v) is 3.61. The van der Waals surface area contributed by atoms with Crippen molar-refractivity contribution in [1.29, 1.82) is 0 Å². The standard InChI is InChI=1S/C14H21N3O2/c1-10(11-4-7-19-8-5-11)17-14(18)12-3-6-16-13(9-12)15-2/h3,6,9-11H,4-5,7-8H2,1-2H3,(H,15,16)(H,17,18). The van der Waals surface area contributed by atoms with Crippen molar-refractivity contribution in [2.75, 3.05) is 25.6 Å². The molecule has 2 rings (SSSR count). The van der Waals surface area contributed by atoms with Gasteiger partial charge in [-0.2, -0.15) is 0 Å². The van der Waals surface area contributed by atoms with Gasteiger partial charge in [0.05, 0.1) is 0 Å². The molecule has 1 fully saturated rings. The number of aromatic nitrogens is 1. The van der Waals surface area contributed by atoms with Crippen LogP contribution in [0, 0.1) is 5.92 Å². The summed E-state index contributed by atoms with van der Waals surface area (Å²) in [4.78, 5) is 16.3. The lowest BCUT2D eigenvalue weighted by Gasteiger charge is -2.28. The molecule has 2 heterocycles. The largest absolute Gasteiger partial charge is 0.381 e. The number of pyridine rings is 1. The van der Waals surface area contributed by atoms with Crippen LogP contribution in [0.4, 0.5) is 5.82 Å². The fraction of sp³-hybridized carbons (Fsp3) is 0.571. The number of ether oxygens (including phenoxy) is 1. The molecule has 1 saturated heterocycles. The van der Waals surface area contributed by atoms with E-state index in [-0.39, 0.29) is 11.9 Å². The maximum Gasteiger partial charge on any atom is 0.251 e. The lowest BCUT2D eigenvalue weighted by atomic mass is 9.93. The summed E-state index contributed by atoms with van der Waals surface area (Å²) in [5.41, 5.74) is 0.637. The third-order valence-electron chi connectivity index (χ3n) is 3.61. The summed E-state index contributed by atoms with van der Waals surface area (Å²) >= 11 is 0. The van der Waals surface area contributed by atoms with Crippen LogP contribution in [0.1, 0.15) is 30.1 Å². The predicted octanol–water partition coefficient (Wildman–Crippen LogP) is 1.67. The zero-order valence-corrected chi connectivity index (χ0v) is 11.5. The minimum atomic E-state index is -0.0436. The molecule has 0 spiro atoms. The first-order valence-electron chi connectivity index (χ1n) is 6.73. The molecule has 1 unspecified atom stereocenters. The predicted molar refractivity (Wildman–Crippen MR) is 74.3 cm³/mol. The van der Waals surface area contributed by atoms with Crippen LogP contribution in [0.15, 0.2) is 18.3 Å². The van der Waals surface area contributed by atoms with Crippen molar-refractivity contribution in [3.63, 3.8) is 0 Å². The minimum absolute atomic E-state index is 0.0436. The van der Waals surface area contributed by atoms with E-state index >= 15 is 0 Å². The summed E-state index contributed by atoms with van der Waals surface area (Å²) in [6.45, 7) is 3.65. The maximum absolute atomic E-state index is 12.2. The molecule has 1 aliphatic rings. The molecule has 0 bridgehead atoms. The molecule has 0 aromatic carbocycles. The first-order chi connectivity index (χ1) is 9.20. The van der Waals surface area contributed by atoms with E-state index in [4.69, 9.17) is 4.74 Å². The second-order valence-electron chi connectivity index (χ2n) is 4.89. The van der Waals surface area contributed by atoms with E-state index in [0.29, 0.717) is 17.3 Å². The van der Waals surface area contributed by atoms with Gasteiger partial charge in [-0.25, -0.2) is 4.98 Å². The number of hydrogen-bond acceptors (Lipinski definition) is 4. The Morgan fingerprint density at radius 1 is 1.47 bits per heavy atom. The van der Waals surface area contributed by atoms with Crippen molar-refractivity contribution in [2.24, 2.45) is 5.92 Å². The highest BCUT2D eigenvalue weighted by Crippen LogP contribution is 2.19. The van der Waals surface area contributed by atoms with Crippen LogP contribution in [-0.4, -0.2) is 37.2 Å². The second kappa shape index (κ2) is 6.52. The van der Waals surface area contributed by atoms with Crippen LogP contribution in [0.3, 0.4) is 0 Å². The van der Waals surface area contributed by atoms with Crippen LogP contribution in [0.5, 0.6) is 0 Å². The molecular formula is C14H21N3O2. The van der Waals surface area contributed by atoms with Crippen molar-refractivity contribution in [2.45, 2.75) is 25.8 Å². The van der Waals surface area contributed by atoms with Gasteiger partial charge >= 0.3 is 0 Å². The minimum Gasteiger partial charge on any atom is -0.381 e. The van der Waals surface area contributed by atoms with Gasteiger partial charge in [-0.1, -0.05) is 0 Å². The maximum atomic E-state index is 12.2. The van der Waals surface area contributed by atoms with Gasteiger partial charge in [0.2, 0.25) is 0 Å². The highest BCUT2D eigenvalue weighted by molar-refractivity contribution is 5.94. The number of hydrogen-bond donors (Lipinski definition) is 2. The molecule has 1 aliphatic heterocycles. The number of anilines is 1. The number of carbonyl (C=O) groups is 1. The SMILES string of the molecule is CNc1cc(C(=O)NC(C)C2CCOCC2)ccn1. The van der Waals surface area contributed by atoms with E-state index in [9.17, 15) is 4.79 Å². The van der Waals surface area contributed by atoms with Crippen molar-refractivity contribution in [3.8, 4) is 0 Å². The zero-order chi connectivity index (χ0) is 13.7. The summed E-state index contributed by atoms with van der Waals surface area (Å²) < 4.78 is 5.34. The first-order valence-corrected chi connectivity index (χ1v) is 6.73. The van der Waals surface area contributed by atoms with E-state index in [2.05, 4.69) is 22.5 Å². The molecule has 1 aromatic heterocycles. The van der Waals surface area contributed by atoms with Gasteiger partial charge in [0.1, 0.15) is 5.82 Å². The van der Waals surface area contributed by atoms with Crippen LogP contribution in [0.2, 0.25) is 0 Å². The van der Waals surface area contributed by atoms with E-state index in [1.165, 1.54) is 0 Å². The Morgan fingerprint density at radius 2 is 2.21 bits per heavy atom. The average molecular weight is 263 g/mol. The summed E-state index contributed by atoms with van der Waals surface area (Å²) in [6.07, 6.45) is 3.67. The molecule has 19 heavy (non-hydrogen) atoms. The molecule has 1 amide bonds. The van der Waals surface area contributed by atoms with Gasteiger partial charge in [0.25, 0.3) is 5.91 Å². The molecule has 1 aromatic rings. The number of nitrogens with zero attached hydrogens (tertiary/aromatic N) is 1. The highest BCUT2D eigenvalue weighted by Gasteiger charge is 2.22. The van der Waals surface area contributed by atoms with Crippen molar-refractivity contribution >= 4 is 11.7 Å². The van der Waals surface area contributed by atoms with Crippen LogP contribution < -0.4 is 10.6 Å². The van der Waals surface area contributed by atoms with Crippen LogP contribution in [0.25, 0.3) is 0 Å². The Labute approximate surface area is 113 Å². The Bertz CT molecular complexity index is 430. The van der Waals surface area contributed by atoms with Gasteiger partial charge in [0, 0.05) is 38.1 Å². The van der Waals surface area contributed by atoms with E-state index < -0.39 is 0 Å². The Hall–Kier alpha value is -1.62. The zero-order valence-electron chi connectivity index (χ0n) is 11.5. The van der Waals surface area contributed by atoms with Crippen molar-refractivity contribution < 1.29 is 9.53 Å². The summed E-state index contributed by atoms with van der Waals surface area (Å²) in [5, 5.41) is 6.00. The van der Waals surface area contributed by atoms with Crippen LogP contribution in [-0.2, 0) is 4.74 Å². The Kier molecular flexibility index (Phi) is 4.74. The summed E-state index contributed by atoms with van der Waals surface area (Å²) in [6, 6.07) is 3.65. The topological polar surface area (TPSA) is 63.2 Å². The van der Waals surface area contributed by atoms with E-state index in [1.54, 1.807) is 25.4 Å². The van der Waals surface area contributed by atoms with E-state index in [0.717, 1.165) is 26.1 Å². The normalized spacial score (nSPS) is 17.8. The van der Waals surface area contributed by atoms with E-state index in [1.807, 2.05) is 0 Å². The van der Waals surface area contributed by atoms with Gasteiger partial charge < -0.3 is 15.4 Å². The Balaban J connectivity index is 1.95. The number of nitrogens with one attached hydrogen (secondary N) is 2. The fourth-order valence-electron chi connectivity index (χ4n) is 2.33. The van der Waals surface area contributed by atoms with Gasteiger partial charge in [-0.3, -0.25) is 4.79 Å². The second-order valence-corrected chi connectivity index (χ2v) is 4.89. The molecule has 0 radical (unpaired) electrons. The van der Waals surface area contributed by atoms with Crippen molar-refractivity contribution in [3.05, 3.63) is 23.9 Å². The highest BCUT2D eigenvalue weighted by atomic mass is 16.5. The van der Waals surface area contributed by atoms with Gasteiger partial charge in [-0.05, 0) is 37.8 Å². The lowest BCUT2D eigenvalue weighted by molar-refractivity contribution is 0.0538. The third kappa shape index (κ3) is 3.67. The van der Waals surface area contributed by atoms with Gasteiger partial charge in [0.15, 0.2) is 0 Å². The molecule has 2 N–H and O–H groups in total. The molecule has 104 valence electrons. The molecule has 0 saturated carbocycles. The Morgan fingerprint density at radius 3 is 2.89 bits per heavy atom. The molecule has 1 atom stereocenters. The fourth-order valence-corrected chi connectivity index (χ4v) is 2.33. The average Bonchev–Trinajstić information content (AvgIpc) is 2.48. The number of amides is 1. The van der Waals surface area contributed by atoms with Crippen molar-refractivity contribution in [1.82, 2.24) is 10.3 Å². The molecule has 5 heteroatoms. The summed E-state index contributed by atoms with van der Waals surface area (Å²) in [5.74, 6) is 1.16. The van der Waals surface area contributed by atoms with Gasteiger partial charge in [-0.15, -0.1) is 0 Å². The molecule has 0 aliphatic carbocycles. The first kappa shape index (κ1) is 13.8. The smallest absolute Gasteiger partial charge is 0.251 e. The molecule has 5 nitrogen and oxygen atoms in total. The number of carbonyl (C=O) groups excluding carboxylic acids is 1. The summed E-state index contributed by atoms with van der Waals surface area (Å²) in [7, 11) is 1.79. The monoisotopic (exact) mass is 263 g/mol. The van der Waals surface area contributed by atoms with Crippen LogP contribution >= 0.6 is 0 Å². The quantitative estimate of drug-likeness (QED) is 0.867. The lowest BCUT2D eigenvalue weighted by Crippen LogP contribution is -2.40. The number of rotatable bonds is 4.